The van der Waals surface area contributed by atoms with Gasteiger partial charge in [0.25, 0.3) is 5.56 Å². The number of carbonyl (C=O) groups excluding carboxylic acids is 1. The summed E-state index contributed by atoms with van der Waals surface area (Å²) < 4.78 is 1.02. The number of aromatic nitrogens is 2. The Hall–Kier alpha value is -2.12. The molecule has 1 aromatic carbocycles. The Bertz CT molecular complexity index is 708. The van der Waals surface area contributed by atoms with Crippen molar-refractivity contribution in [3.8, 4) is 0 Å². The predicted molar refractivity (Wildman–Crippen MR) is 75.6 cm³/mol. The zero-order valence-electron chi connectivity index (χ0n) is 10.4. The van der Waals surface area contributed by atoms with Crippen molar-refractivity contribution in [2.75, 3.05) is 6.61 Å². The molecule has 0 aliphatic rings. The van der Waals surface area contributed by atoms with Crippen molar-refractivity contribution in [3.05, 3.63) is 69.0 Å². The first-order valence-electron chi connectivity index (χ1n) is 5.82. The van der Waals surface area contributed by atoms with Crippen molar-refractivity contribution < 1.29 is 9.90 Å². The molecule has 1 heterocycles. The zero-order valence-corrected chi connectivity index (χ0v) is 11.2. The minimum absolute atomic E-state index is 0.353. The van der Waals surface area contributed by atoms with E-state index in [4.69, 9.17) is 0 Å². The first kappa shape index (κ1) is 14.3. The van der Waals surface area contributed by atoms with Gasteiger partial charge in [0.1, 0.15) is 0 Å². The van der Waals surface area contributed by atoms with Gasteiger partial charge in [-0.25, -0.2) is 8.77 Å². The van der Waals surface area contributed by atoms with Gasteiger partial charge in [0, 0.05) is 24.2 Å². The second-order valence-corrected chi connectivity index (χ2v) is 4.97. The van der Waals surface area contributed by atoms with Crippen LogP contribution in [-0.4, -0.2) is 25.8 Å². The summed E-state index contributed by atoms with van der Waals surface area (Å²) in [5, 5.41) is 8.98. The lowest BCUT2D eigenvalue weighted by Crippen LogP contribution is -2.27. The summed E-state index contributed by atoms with van der Waals surface area (Å²) in [5.74, 6) is -0.722. The molecule has 0 aliphatic carbocycles. The maximum absolute atomic E-state index is 12.1. The lowest BCUT2D eigenvalue weighted by atomic mass is 10.0. The van der Waals surface area contributed by atoms with Crippen molar-refractivity contribution >= 4 is 17.1 Å². The monoisotopic (exact) mass is 292 g/mol. The molecule has 20 heavy (non-hydrogen) atoms. The normalized spacial score (nSPS) is 12.1. The van der Waals surface area contributed by atoms with Crippen LogP contribution in [-0.2, 0) is 4.79 Å². The molecule has 1 unspecified atom stereocenters. The molecule has 0 fully saturated rings. The van der Waals surface area contributed by atoms with Crippen LogP contribution < -0.4 is 11.2 Å². The zero-order chi connectivity index (χ0) is 14.5. The Morgan fingerprint density at radius 1 is 1.25 bits per heavy atom. The fourth-order valence-corrected chi connectivity index (χ4v) is 2.42. The first-order chi connectivity index (χ1) is 9.61. The Labute approximate surface area is 118 Å². The maximum atomic E-state index is 12.1. The van der Waals surface area contributed by atoms with E-state index in [1.54, 1.807) is 24.3 Å². The van der Waals surface area contributed by atoms with Gasteiger partial charge in [0.05, 0.1) is 12.5 Å². The van der Waals surface area contributed by atoms with Crippen LogP contribution in [0.15, 0.2) is 52.2 Å². The van der Waals surface area contributed by atoms with E-state index in [0.717, 1.165) is 10.0 Å². The van der Waals surface area contributed by atoms with Crippen LogP contribution in [0.25, 0.3) is 0 Å². The number of carbonyl (C=O) groups is 1. The first-order valence-corrected chi connectivity index (χ1v) is 6.59. The van der Waals surface area contributed by atoms with Gasteiger partial charge in [-0.3, -0.25) is 14.6 Å². The fourth-order valence-electron chi connectivity index (χ4n) is 1.64. The van der Waals surface area contributed by atoms with E-state index in [0.29, 0.717) is 17.5 Å². The summed E-state index contributed by atoms with van der Waals surface area (Å²) >= 11 is 0.642. The number of benzene rings is 1. The van der Waals surface area contributed by atoms with E-state index in [1.807, 2.05) is 6.07 Å². The van der Waals surface area contributed by atoms with Gasteiger partial charge in [-0.2, -0.15) is 0 Å². The van der Waals surface area contributed by atoms with Crippen LogP contribution >= 0.6 is 11.9 Å². The van der Waals surface area contributed by atoms with Gasteiger partial charge in [0.15, 0.2) is 0 Å². The molecule has 0 saturated carbocycles. The molecule has 0 radical (unpaired) electrons. The molecular formula is C13H12N2O4S. The molecule has 0 saturated heterocycles. The molecule has 104 valence electrons. The molecule has 2 aromatic rings. The average Bonchev–Trinajstić information content (AvgIpc) is 2.44. The molecular weight excluding hydrogens is 280 g/mol. The number of rotatable bonds is 4. The topological polar surface area (TPSA) is 92.2 Å². The standard InChI is InChI=1S/C13H12N2O4S/c16-8-10(9-4-2-1-3-5-9)12(18)20-15-7-6-11(17)14-13(15)19/h1-7,10,16H,8H2,(H,14,17,19). The highest BCUT2D eigenvalue weighted by Gasteiger charge is 2.21. The minimum atomic E-state index is -0.722. The molecule has 1 atom stereocenters. The number of aromatic amines is 1. The van der Waals surface area contributed by atoms with Gasteiger partial charge in [-0.15, -0.1) is 0 Å². The van der Waals surface area contributed by atoms with Gasteiger partial charge >= 0.3 is 5.69 Å². The van der Waals surface area contributed by atoms with Crippen LogP contribution in [0.1, 0.15) is 11.5 Å². The minimum Gasteiger partial charge on any atom is -0.395 e. The van der Waals surface area contributed by atoms with Crippen molar-refractivity contribution in [1.29, 1.82) is 0 Å². The van der Waals surface area contributed by atoms with E-state index >= 15 is 0 Å². The summed E-state index contributed by atoms with van der Waals surface area (Å²) in [6.07, 6.45) is 1.23. The number of nitrogens with one attached hydrogen (secondary N) is 1. The third-order valence-electron chi connectivity index (χ3n) is 2.65. The second-order valence-electron chi connectivity index (χ2n) is 3.99. The average molecular weight is 292 g/mol. The predicted octanol–water partition coefficient (Wildman–Crippen LogP) is 0.336. The van der Waals surface area contributed by atoms with E-state index in [9.17, 15) is 19.5 Å². The summed E-state index contributed by atoms with van der Waals surface area (Å²) in [5.41, 5.74) is -0.536. The molecule has 7 heteroatoms. The number of hydrogen-bond acceptors (Lipinski definition) is 5. The van der Waals surface area contributed by atoms with Gasteiger partial charge in [0.2, 0.25) is 5.12 Å². The molecule has 1 aromatic heterocycles. The Morgan fingerprint density at radius 2 is 1.95 bits per heavy atom. The molecule has 2 N–H and O–H groups in total. The highest BCUT2D eigenvalue weighted by molar-refractivity contribution is 8.12. The molecule has 0 aliphatic heterocycles. The van der Waals surface area contributed by atoms with Crippen LogP contribution in [0, 0.1) is 0 Å². The molecule has 0 spiro atoms. The summed E-state index contributed by atoms with van der Waals surface area (Å²) in [7, 11) is 0. The number of nitrogens with zero attached hydrogens (tertiary/aromatic N) is 1. The van der Waals surface area contributed by atoms with E-state index in [2.05, 4.69) is 4.98 Å². The third kappa shape index (κ3) is 3.25. The number of aliphatic hydroxyl groups excluding tert-OH is 1. The Balaban J connectivity index is 2.22. The molecule has 6 nitrogen and oxygen atoms in total. The largest absolute Gasteiger partial charge is 0.395 e. The van der Waals surface area contributed by atoms with Crippen molar-refractivity contribution in [3.63, 3.8) is 0 Å². The quantitative estimate of drug-likeness (QED) is 0.847. The van der Waals surface area contributed by atoms with Crippen molar-refractivity contribution in [1.82, 2.24) is 8.96 Å². The Kier molecular flexibility index (Phi) is 4.54. The number of aliphatic hydroxyl groups is 1. The van der Waals surface area contributed by atoms with Crippen molar-refractivity contribution in [2.45, 2.75) is 5.92 Å². The summed E-state index contributed by atoms with van der Waals surface area (Å²) in [6, 6.07) is 9.95. The maximum Gasteiger partial charge on any atom is 0.338 e. The lowest BCUT2D eigenvalue weighted by Gasteiger charge is -2.12. The van der Waals surface area contributed by atoms with E-state index < -0.39 is 17.2 Å². The SMILES string of the molecule is O=C(Sn1ccc(=O)[nH]c1=O)C(CO)c1ccccc1. The number of hydrogen-bond donors (Lipinski definition) is 2. The van der Waals surface area contributed by atoms with E-state index in [1.165, 1.54) is 6.20 Å². The second kappa shape index (κ2) is 6.36. The van der Waals surface area contributed by atoms with Crippen LogP contribution in [0.3, 0.4) is 0 Å². The van der Waals surface area contributed by atoms with Gasteiger partial charge in [-0.1, -0.05) is 30.3 Å². The van der Waals surface area contributed by atoms with Crippen LogP contribution in [0.5, 0.6) is 0 Å². The van der Waals surface area contributed by atoms with E-state index in [-0.39, 0.29) is 11.7 Å². The molecule has 0 bridgehead atoms. The fraction of sp³-hybridized carbons (Fsp3) is 0.154. The van der Waals surface area contributed by atoms with Crippen LogP contribution in [0.4, 0.5) is 0 Å². The highest BCUT2D eigenvalue weighted by Crippen LogP contribution is 2.22. The molecule has 0 amide bonds. The summed E-state index contributed by atoms with van der Waals surface area (Å²) in [4.78, 5) is 36.6. The van der Waals surface area contributed by atoms with Gasteiger partial charge in [-0.05, 0) is 5.56 Å². The number of H-pyrrole nitrogens is 1. The summed E-state index contributed by atoms with van der Waals surface area (Å²) in [6.45, 7) is -0.353. The van der Waals surface area contributed by atoms with Gasteiger partial charge < -0.3 is 5.11 Å². The molecule has 2 rings (SSSR count). The highest BCUT2D eigenvalue weighted by atomic mass is 32.2. The van der Waals surface area contributed by atoms with Crippen LogP contribution in [0.2, 0.25) is 0 Å². The Morgan fingerprint density at radius 3 is 2.55 bits per heavy atom. The smallest absolute Gasteiger partial charge is 0.338 e. The van der Waals surface area contributed by atoms with Crippen molar-refractivity contribution in [2.24, 2.45) is 0 Å². The lowest BCUT2D eigenvalue weighted by molar-refractivity contribution is -0.113. The third-order valence-corrected chi connectivity index (χ3v) is 3.60.